The summed E-state index contributed by atoms with van der Waals surface area (Å²) in [6.45, 7) is 0. The standard InChI is InChI=1S/C22H12F12N2/c23-19(24,25)13-8-12(10-4-2-6-16(36)18(10)22(32,33)34)14(20(26,27)28)7-11(13)9-3-1-5-15(35)17(9)21(29,30)31/h1-8H,35-36H2. The van der Waals surface area contributed by atoms with Gasteiger partial charge in [-0.2, -0.15) is 52.7 Å². The van der Waals surface area contributed by atoms with Crippen molar-refractivity contribution in [3.63, 3.8) is 0 Å². The highest BCUT2D eigenvalue weighted by molar-refractivity contribution is 5.84. The molecule has 0 unspecified atom stereocenters. The lowest BCUT2D eigenvalue weighted by molar-refractivity contribution is -0.141. The van der Waals surface area contributed by atoms with Crippen LogP contribution in [-0.4, -0.2) is 0 Å². The summed E-state index contributed by atoms with van der Waals surface area (Å²) in [6, 6.07) is 3.36. The lowest BCUT2D eigenvalue weighted by Crippen LogP contribution is -2.17. The molecule has 3 rings (SSSR count). The molecule has 0 amide bonds. The largest absolute Gasteiger partial charge is 0.418 e. The summed E-state index contributed by atoms with van der Waals surface area (Å²) in [5.74, 6) is 0. The first-order valence-corrected chi connectivity index (χ1v) is 9.49. The Kier molecular flexibility index (Phi) is 6.39. The van der Waals surface area contributed by atoms with Crippen LogP contribution in [0.15, 0.2) is 48.5 Å². The second-order valence-electron chi connectivity index (χ2n) is 7.47. The van der Waals surface area contributed by atoms with Crippen LogP contribution in [0.5, 0.6) is 0 Å². The van der Waals surface area contributed by atoms with Gasteiger partial charge in [0, 0.05) is 11.4 Å². The Morgan fingerprint density at radius 2 is 0.722 bits per heavy atom. The van der Waals surface area contributed by atoms with Crippen molar-refractivity contribution in [3.05, 3.63) is 70.8 Å². The summed E-state index contributed by atoms with van der Waals surface area (Å²) in [5.41, 5.74) is -5.18. The van der Waals surface area contributed by atoms with Crippen LogP contribution >= 0.6 is 0 Å². The van der Waals surface area contributed by atoms with E-state index < -0.39 is 80.6 Å². The molecule has 0 aliphatic carbocycles. The SMILES string of the molecule is Nc1cccc(-c2cc(C(F)(F)F)c(-c3cccc(N)c3C(F)(F)F)cc2C(F)(F)F)c1C(F)(F)F. The van der Waals surface area contributed by atoms with Gasteiger partial charge in [-0.3, -0.25) is 0 Å². The van der Waals surface area contributed by atoms with E-state index in [9.17, 15) is 52.7 Å². The number of rotatable bonds is 2. The Bertz CT molecular complexity index is 1200. The average molecular weight is 532 g/mol. The Labute approximate surface area is 194 Å². The third kappa shape index (κ3) is 5.02. The van der Waals surface area contributed by atoms with Crippen molar-refractivity contribution < 1.29 is 52.7 Å². The third-order valence-electron chi connectivity index (χ3n) is 5.11. The summed E-state index contributed by atoms with van der Waals surface area (Å²) in [4.78, 5) is 0. The van der Waals surface area contributed by atoms with E-state index in [0.29, 0.717) is 24.3 Å². The number of hydrogen-bond acceptors (Lipinski definition) is 2. The Morgan fingerprint density at radius 3 is 0.972 bits per heavy atom. The van der Waals surface area contributed by atoms with Gasteiger partial charge >= 0.3 is 24.7 Å². The van der Waals surface area contributed by atoms with E-state index in [1.807, 2.05) is 0 Å². The quantitative estimate of drug-likeness (QED) is 0.258. The zero-order valence-electron chi connectivity index (χ0n) is 17.3. The predicted molar refractivity (Wildman–Crippen MR) is 106 cm³/mol. The van der Waals surface area contributed by atoms with E-state index >= 15 is 0 Å². The maximum absolute atomic E-state index is 14.0. The van der Waals surface area contributed by atoms with E-state index in [2.05, 4.69) is 0 Å². The highest BCUT2D eigenvalue weighted by Gasteiger charge is 2.44. The van der Waals surface area contributed by atoms with Crippen molar-refractivity contribution in [2.45, 2.75) is 24.7 Å². The van der Waals surface area contributed by atoms with Crippen LogP contribution in [-0.2, 0) is 24.7 Å². The molecular weight excluding hydrogens is 520 g/mol. The molecule has 4 N–H and O–H groups in total. The Hall–Kier alpha value is -3.58. The lowest BCUT2D eigenvalue weighted by Gasteiger charge is -2.24. The highest BCUT2D eigenvalue weighted by Crippen LogP contribution is 2.51. The van der Waals surface area contributed by atoms with Gasteiger partial charge in [0.1, 0.15) is 0 Å². The third-order valence-corrected chi connectivity index (χ3v) is 5.11. The maximum atomic E-state index is 14.0. The minimum atomic E-state index is -5.58. The monoisotopic (exact) mass is 532 g/mol. The number of nitrogen functional groups attached to an aromatic ring is 2. The minimum Gasteiger partial charge on any atom is -0.398 e. The predicted octanol–water partition coefficient (Wildman–Crippen LogP) is 8.26. The molecule has 0 bridgehead atoms. The molecule has 194 valence electrons. The van der Waals surface area contributed by atoms with Crippen LogP contribution in [0, 0.1) is 0 Å². The zero-order valence-corrected chi connectivity index (χ0v) is 17.3. The molecule has 0 saturated heterocycles. The number of alkyl halides is 12. The first kappa shape index (κ1) is 27.0. The second kappa shape index (κ2) is 8.52. The highest BCUT2D eigenvalue weighted by atomic mass is 19.4. The minimum absolute atomic E-state index is 0.272. The second-order valence-corrected chi connectivity index (χ2v) is 7.47. The van der Waals surface area contributed by atoms with Gasteiger partial charge in [0.25, 0.3) is 0 Å². The van der Waals surface area contributed by atoms with Crippen LogP contribution in [0.1, 0.15) is 22.3 Å². The molecule has 36 heavy (non-hydrogen) atoms. The molecule has 0 aliphatic rings. The van der Waals surface area contributed by atoms with Crippen LogP contribution in [0.4, 0.5) is 64.1 Å². The molecule has 0 fully saturated rings. The summed E-state index contributed by atoms with van der Waals surface area (Å²) < 4.78 is 165. The van der Waals surface area contributed by atoms with Crippen molar-refractivity contribution in [3.8, 4) is 22.3 Å². The fourth-order valence-corrected chi connectivity index (χ4v) is 3.74. The Morgan fingerprint density at radius 1 is 0.417 bits per heavy atom. The molecular formula is C22H12F12N2. The molecule has 14 heteroatoms. The van der Waals surface area contributed by atoms with Gasteiger partial charge in [0.15, 0.2) is 0 Å². The molecule has 0 spiro atoms. The van der Waals surface area contributed by atoms with Crippen molar-refractivity contribution in [2.75, 3.05) is 11.5 Å². The Balaban J connectivity index is 2.56. The summed E-state index contributed by atoms with van der Waals surface area (Å²) >= 11 is 0. The molecule has 3 aromatic rings. The number of hydrogen-bond donors (Lipinski definition) is 2. The first-order chi connectivity index (χ1) is 16.2. The van der Waals surface area contributed by atoms with Crippen LogP contribution < -0.4 is 11.5 Å². The zero-order chi connectivity index (χ0) is 27.4. The van der Waals surface area contributed by atoms with Gasteiger partial charge in [-0.15, -0.1) is 0 Å². The van der Waals surface area contributed by atoms with Crippen molar-refractivity contribution >= 4 is 11.4 Å². The fourth-order valence-electron chi connectivity index (χ4n) is 3.74. The van der Waals surface area contributed by atoms with Crippen molar-refractivity contribution in [1.29, 1.82) is 0 Å². The van der Waals surface area contributed by atoms with Crippen molar-refractivity contribution in [1.82, 2.24) is 0 Å². The molecule has 0 aromatic heterocycles. The summed E-state index contributed by atoms with van der Waals surface area (Å²) in [5, 5.41) is 0. The number of halogens is 12. The maximum Gasteiger partial charge on any atom is 0.418 e. The first-order valence-electron chi connectivity index (χ1n) is 9.49. The number of benzene rings is 3. The van der Waals surface area contributed by atoms with Gasteiger partial charge in [0.05, 0.1) is 22.3 Å². The fraction of sp³-hybridized carbons (Fsp3) is 0.182. The van der Waals surface area contributed by atoms with Crippen molar-refractivity contribution in [2.24, 2.45) is 0 Å². The molecule has 2 nitrogen and oxygen atoms in total. The van der Waals surface area contributed by atoms with Gasteiger partial charge < -0.3 is 11.5 Å². The number of anilines is 2. The van der Waals surface area contributed by atoms with Gasteiger partial charge in [-0.1, -0.05) is 24.3 Å². The van der Waals surface area contributed by atoms with Gasteiger partial charge in [0.2, 0.25) is 0 Å². The average Bonchev–Trinajstić information content (AvgIpc) is 2.69. The van der Waals surface area contributed by atoms with E-state index in [0.717, 1.165) is 12.1 Å². The molecule has 0 radical (unpaired) electrons. The molecule has 0 heterocycles. The molecule has 3 aromatic carbocycles. The molecule has 0 aliphatic heterocycles. The normalized spacial score (nSPS) is 13.2. The van der Waals surface area contributed by atoms with Crippen LogP contribution in [0.2, 0.25) is 0 Å². The summed E-state index contributed by atoms with van der Waals surface area (Å²) in [7, 11) is 0. The molecule has 0 atom stereocenters. The summed E-state index contributed by atoms with van der Waals surface area (Å²) in [6.07, 6.45) is -21.9. The van der Waals surface area contributed by atoms with Gasteiger partial charge in [-0.25, -0.2) is 0 Å². The topological polar surface area (TPSA) is 52.0 Å². The smallest absolute Gasteiger partial charge is 0.398 e. The van der Waals surface area contributed by atoms with E-state index in [1.165, 1.54) is 0 Å². The van der Waals surface area contributed by atoms with E-state index in [1.54, 1.807) is 0 Å². The number of nitrogens with two attached hydrogens (primary N) is 2. The van der Waals surface area contributed by atoms with Gasteiger partial charge in [-0.05, 0) is 46.5 Å². The van der Waals surface area contributed by atoms with Crippen LogP contribution in [0.3, 0.4) is 0 Å². The van der Waals surface area contributed by atoms with E-state index in [4.69, 9.17) is 11.5 Å². The van der Waals surface area contributed by atoms with E-state index in [-0.39, 0.29) is 12.1 Å². The van der Waals surface area contributed by atoms with Crippen LogP contribution in [0.25, 0.3) is 22.3 Å². The molecule has 0 saturated carbocycles. The lowest BCUT2D eigenvalue weighted by atomic mass is 9.86.